The molecule has 0 radical (unpaired) electrons. The Bertz CT molecular complexity index is 296. The Hall–Kier alpha value is -1.14. The third-order valence-corrected chi connectivity index (χ3v) is 3.37. The third-order valence-electron chi connectivity index (χ3n) is 3.37. The van der Waals surface area contributed by atoms with E-state index in [1.54, 1.807) is 0 Å². The number of nitrogens with zero attached hydrogens (tertiary/aromatic N) is 2. The number of carbonyl (C=O) groups excluding carboxylic acids is 2. The molecule has 17 heavy (non-hydrogen) atoms. The Kier molecular flexibility index (Phi) is 3.96. The van der Waals surface area contributed by atoms with Crippen LogP contribution in [0.4, 0.5) is 0 Å². The largest absolute Gasteiger partial charge is 0.347 e. The van der Waals surface area contributed by atoms with Gasteiger partial charge in [0.25, 0.3) is 0 Å². The number of amides is 2. The fraction of sp³-hybridized carbons (Fsp3) is 0.818. The summed E-state index contributed by atoms with van der Waals surface area (Å²) in [6, 6.07) is 0.512. The molecule has 0 aromatic rings. The van der Waals surface area contributed by atoms with Crippen LogP contribution in [0.3, 0.4) is 0 Å². The van der Waals surface area contributed by atoms with Crippen LogP contribution < -0.4 is 10.6 Å². The summed E-state index contributed by atoms with van der Waals surface area (Å²) >= 11 is 0. The van der Waals surface area contributed by atoms with Gasteiger partial charge in [-0.05, 0) is 0 Å². The summed E-state index contributed by atoms with van der Waals surface area (Å²) in [6.07, 6.45) is 0. The van der Waals surface area contributed by atoms with Crippen LogP contribution in [0.1, 0.15) is 6.92 Å². The van der Waals surface area contributed by atoms with Gasteiger partial charge in [-0.15, -0.1) is 0 Å². The van der Waals surface area contributed by atoms with Gasteiger partial charge in [0.2, 0.25) is 11.8 Å². The predicted octanol–water partition coefficient (Wildman–Crippen LogP) is -1.76. The van der Waals surface area contributed by atoms with Crippen LogP contribution in [0, 0.1) is 0 Å². The summed E-state index contributed by atoms with van der Waals surface area (Å²) in [4.78, 5) is 26.6. The molecule has 0 atom stereocenters. The Labute approximate surface area is 101 Å². The van der Waals surface area contributed by atoms with Crippen LogP contribution in [-0.4, -0.2) is 73.5 Å². The van der Waals surface area contributed by atoms with Crippen molar-refractivity contribution in [2.75, 3.05) is 45.8 Å². The van der Waals surface area contributed by atoms with Gasteiger partial charge in [0.15, 0.2) is 0 Å². The van der Waals surface area contributed by atoms with E-state index < -0.39 is 0 Å². The van der Waals surface area contributed by atoms with Crippen molar-refractivity contribution >= 4 is 11.8 Å². The summed E-state index contributed by atoms with van der Waals surface area (Å²) in [7, 11) is 0. The van der Waals surface area contributed by atoms with Crippen molar-refractivity contribution in [1.82, 2.24) is 20.4 Å². The van der Waals surface area contributed by atoms with Gasteiger partial charge in [-0.25, -0.2) is 0 Å². The lowest BCUT2D eigenvalue weighted by atomic mass is 10.1. The van der Waals surface area contributed by atoms with Crippen LogP contribution in [0.5, 0.6) is 0 Å². The Morgan fingerprint density at radius 2 is 1.94 bits per heavy atom. The van der Waals surface area contributed by atoms with Crippen LogP contribution in [0.2, 0.25) is 0 Å². The summed E-state index contributed by atoms with van der Waals surface area (Å²) in [5.41, 5.74) is 0. The molecule has 2 rings (SSSR count). The molecule has 0 aromatic carbocycles. The molecule has 2 fully saturated rings. The molecule has 0 aliphatic carbocycles. The quantitative estimate of drug-likeness (QED) is 0.613. The highest BCUT2D eigenvalue weighted by Crippen LogP contribution is 2.15. The molecule has 6 heteroatoms. The van der Waals surface area contributed by atoms with Gasteiger partial charge in [-0.2, -0.15) is 0 Å². The first-order valence-corrected chi connectivity index (χ1v) is 6.14. The van der Waals surface area contributed by atoms with Gasteiger partial charge >= 0.3 is 0 Å². The topological polar surface area (TPSA) is 64.7 Å². The van der Waals surface area contributed by atoms with Crippen molar-refractivity contribution in [3.63, 3.8) is 0 Å². The number of carbonyl (C=O) groups is 2. The minimum absolute atomic E-state index is 0.0200. The average Bonchev–Trinajstić information content (AvgIpc) is 2.26. The van der Waals surface area contributed by atoms with Gasteiger partial charge in [0.05, 0.1) is 6.54 Å². The lowest BCUT2D eigenvalue weighted by Gasteiger charge is -2.46. The van der Waals surface area contributed by atoms with E-state index in [-0.39, 0.29) is 18.4 Å². The van der Waals surface area contributed by atoms with Crippen molar-refractivity contribution in [2.45, 2.75) is 13.0 Å². The first kappa shape index (κ1) is 12.3. The van der Waals surface area contributed by atoms with E-state index in [0.29, 0.717) is 6.04 Å². The van der Waals surface area contributed by atoms with E-state index in [1.165, 1.54) is 6.92 Å². The second-order valence-corrected chi connectivity index (χ2v) is 4.65. The van der Waals surface area contributed by atoms with E-state index in [0.717, 1.165) is 39.3 Å². The molecule has 0 bridgehead atoms. The zero-order valence-corrected chi connectivity index (χ0v) is 10.2. The standard InChI is InChI=1S/C11H20N4O2/c1-9(16)13-6-11(17)15-7-10(8-15)14-4-2-12-3-5-14/h10,12H,2-8H2,1H3,(H,13,16). The molecule has 2 aliphatic rings. The van der Waals surface area contributed by atoms with Gasteiger partial charge < -0.3 is 15.5 Å². The van der Waals surface area contributed by atoms with Gasteiger partial charge in [0.1, 0.15) is 0 Å². The molecule has 6 nitrogen and oxygen atoms in total. The minimum atomic E-state index is -0.155. The number of hydrogen-bond donors (Lipinski definition) is 2. The van der Waals surface area contributed by atoms with Crippen LogP contribution in [0.15, 0.2) is 0 Å². The van der Waals surface area contributed by atoms with E-state index in [4.69, 9.17) is 0 Å². The molecule has 2 heterocycles. The molecule has 2 aliphatic heterocycles. The molecule has 2 saturated heterocycles. The average molecular weight is 240 g/mol. The van der Waals surface area contributed by atoms with E-state index >= 15 is 0 Å². The summed E-state index contributed by atoms with van der Waals surface area (Å²) in [5.74, 6) is -0.135. The second-order valence-electron chi connectivity index (χ2n) is 4.65. The number of nitrogens with one attached hydrogen (secondary N) is 2. The van der Waals surface area contributed by atoms with Gasteiger partial charge in [-0.1, -0.05) is 0 Å². The lowest BCUT2D eigenvalue weighted by Crippen LogP contribution is -2.64. The van der Waals surface area contributed by atoms with Crippen LogP contribution in [-0.2, 0) is 9.59 Å². The zero-order valence-electron chi connectivity index (χ0n) is 10.2. The highest BCUT2D eigenvalue weighted by Gasteiger charge is 2.34. The Balaban J connectivity index is 1.67. The molecule has 96 valence electrons. The maximum Gasteiger partial charge on any atom is 0.242 e. The maximum atomic E-state index is 11.6. The molecule has 0 saturated carbocycles. The van der Waals surface area contributed by atoms with E-state index in [9.17, 15) is 9.59 Å². The van der Waals surface area contributed by atoms with E-state index in [1.807, 2.05) is 4.90 Å². The number of likely N-dealkylation sites (tertiary alicyclic amines) is 1. The van der Waals surface area contributed by atoms with Gasteiger partial charge in [-0.3, -0.25) is 14.5 Å². The predicted molar refractivity (Wildman–Crippen MR) is 63.5 cm³/mol. The lowest BCUT2D eigenvalue weighted by molar-refractivity contribution is -0.139. The normalized spacial score (nSPS) is 22.1. The first-order chi connectivity index (χ1) is 8.16. The summed E-state index contributed by atoms with van der Waals surface area (Å²) < 4.78 is 0. The molecule has 2 N–H and O–H groups in total. The highest BCUT2D eigenvalue weighted by molar-refractivity contribution is 5.84. The number of rotatable bonds is 3. The molecular formula is C11H20N4O2. The first-order valence-electron chi connectivity index (χ1n) is 6.14. The minimum Gasteiger partial charge on any atom is -0.347 e. The number of hydrogen-bond acceptors (Lipinski definition) is 4. The highest BCUT2D eigenvalue weighted by atomic mass is 16.2. The fourth-order valence-corrected chi connectivity index (χ4v) is 2.25. The monoisotopic (exact) mass is 240 g/mol. The van der Waals surface area contributed by atoms with Crippen molar-refractivity contribution in [1.29, 1.82) is 0 Å². The van der Waals surface area contributed by atoms with Crippen molar-refractivity contribution in [3.05, 3.63) is 0 Å². The Morgan fingerprint density at radius 1 is 1.29 bits per heavy atom. The van der Waals surface area contributed by atoms with Crippen molar-refractivity contribution < 1.29 is 9.59 Å². The van der Waals surface area contributed by atoms with Crippen molar-refractivity contribution in [2.24, 2.45) is 0 Å². The van der Waals surface area contributed by atoms with Crippen molar-refractivity contribution in [3.8, 4) is 0 Å². The Morgan fingerprint density at radius 3 is 2.53 bits per heavy atom. The number of piperazine rings is 1. The van der Waals surface area contributed by atoms with Crippen LogP contribution in [0.25, 0.3) is 0 Å². The third kappa shape index (κ3) is 3.17. The zero-order chi connectivity index (χ0) is 12.3. The molecule has 2 amide bonds. The molecule has 0 spiro atoms. The van der Waals surface area contributed by atoms with Gasteiger partial charge in [0, 0.05) is 52.2 Å². The van der Waals surface area contributed by atoms with E-state index in [2.05, 4.69) is 15.5 Å². The summed E-state index contributed by atoms with van der Waals surface area (Å²) in [5, 5.41) is 5.85. The smallest absolute Gasteiger partial charge is 0.242 e. The fourth-order valence-electron chi connectivity index (χ4n) is 2.25. The molecule has 0 unspecified atom stereocenters. The molecule has 0 aromatic heterocycles. The maximum absolute atomic E-state index is 11.6. The summed E-state index contributed by atoms with van der Waals surface area (Å²) in [6.45, 7) is 7.37. The second kappa shape index (κ2) is 5.46. The van der Waals surface area contributed by atoms with Crippen LogP contribution >= 0.6 is 0 Å². The SMILES string of the molecule is CC(=O)NCC(=O)N1CC(N2CCNCC2)C1. The molecular weight excluding hydrogens is 220 g/mol.